The van der Waals surface area contributed by atoms with Gasteiger partial charge in [0.25, 0.3) is 0 Å². The molecule has 0 heterocycles. The van der Waals surface area contributed by atoms with Gasteiger partial charge in [0.1, 0.15) is 5.75 Å². The van der Waals surface area contributed by atoms with Gasteiger partial charge in [0.2, 0.25) is 5.91 Å². The van der Waals surface area contributed by atoms with E-state index in [1.807, 2.05) is 24.3 Å². The van der Waals surface area contributed by atoms with Crippen molar-refractivity contribution < 1.29 is 14.6 Å². The van der Waals surface area contributed by atoms with Crippen LogP contribution in [0.4, 0.5) is 0 Å². The first-order chi connectivity index (χ1) is 9.19. The van der Waals surface area contributed by atoms with Crippen LogP contribution in [0.5, 0.6) is 5.75 Å². The number of hydrogen-bond acceptors (Lipinski definition) is 3. The molecule has 0 bridgehead atoms. The van der Waals surface area contributed by atoms with Gasteiger partial charge in [-0.2, -0.15) is 0 Å². The van der Waals surface area contributed by atoms with E-state index in [0.29, 0.717) is 25.3 Å². The summed E-state index contributed by atoms with van der Waals surface area (Å²) in [6.07, 6.45) is 2.62. The number of aliphatic hydroxyl groups is 1. The minimum absolute atomic E-state index is 0.0623. The van der Waals surface area contributed by atoms with Crippen molar-refractivity contribution in [3.63, 3.8) is 0 Å². The molecule has 0 saturated heterocycles. The third-order valence-electron chi connectivity index (χ3n) is 3.61. The molecule has 1 aliphatic carbocycles. The second-order valence-electron chi connectivity index (χ2n) is 5.11. The summed E-state index contributed by atoms with van der Waals surface area (Å²) in [5, 5.41) is 12.1. The van der Waals surface area contributed by atoms with Gasteiger partial charge in [-0.3, -0.25) is 4.79 Å². The van der Waals surface area contributed by atoms with E-state index in [1.165, 1.54) is 0 Å². The molecule has 1 fully saturated rings. The van der Waals surface area contributed by atoms with Crippen LogP contribution < -0.4 is 10.1 Å². The van der Waals surface area contributed by atoms with Gasteiger partial charge < -0.3 is 15.2 Å². The van der Waals surface area contributed by atoms with Gasteiger partial charge in [-0.25, -0.2) is 0 Å². The van der Waals surface area contributed by atoms with Crippen molar-refractivity contribution in [1.82, 2.24) is 5.32 Å². The molecule has 0 atom stereocenters. The molecule has 104 valence electrons. The topological polar surface area (TPSA) is 58.6 Å². The summed E-state index contributed by atoms with van der Waals surface area (Å²) in [7, 11) is 1.64. The highest BCUT2D eigenvalue weighted by molar-refractivity contribution is 5.76. The predicted octanol–water partition coefficient (Wildman–Crippen LogP) is 1.51. The van der Waals surface area contributed by atoms with E-state index in [-0.39, 0.29) is 12.0 Å². The fraction of sp³-hybridized carbons (Fsp3) is 0.533. The second-order valence-corrected chi connectivity index (χ2v) is 5.11. The fourth-order valence-electron chi connectivity index (χ4n) is 2.37. The lowest BCUT2D eigenvalue weighted by molar-refractivity contribution is -0.121. The standard InChI is InChI=1S/C15H21NO3/c1-19-14-5-3-2-4-12(14)6-7-15(18)16-10-11-8-13(17)9-11/h2-5,11,13,17H,6-10H2,1H3,(H,16,18). The van der Waals surface area contributed by atoms with E-state index in [4.69, 9.17) is 9.84 Å². The summed E-state index contributed by atoms with van der Waals surface area (Å²) < 4.78 is 5.25. The maximum atomic E-state index is 11.7. The Bertz CT molecular complexity index is 427. The molecule has 0 spiro atoms. The van der Waals surface area contributed by atoms with Crippen molar-refractivity contribution in [1.29, 1.82) is 0 Å². The molecule has 0 unspecified atom stereocenters. The first-order valence-corrected chi connectivity index (χ1v) is 6.75. The Balaban J connectivity index is 1.71. The fourth-order valence-corrected chi connectivity index (χ4v) is 2.37. The lowest BCUT2D eigenvalue weighted by Gasteiger charge is -2.31. The average Bonchev–Trinajstić information content (AvgIpc) is 2.40. The Kier molecular flexibility index (Phi) is 4.80. The van der Waals surface area contributed by atoms with Gasteiger partial charge in [0.15, 0.2) is 0 Å². The molecule has 4 nitrogen and oxygen atoms in total. The summed E-state index contributed by atoms with van der Waals surface area (Å²) in [5.74, 6) is 1.34. The van der Waals surface area contributed by atoms with E-state index in [9.17, 15) is 4.79 Å². The van der Waals surface area contributed by atoms with Crippen molar-refractivity contribution in [2.75, 3.05) is 13.7 Å². The van der Waals surface area contributed by atoms with Crippen LogP contribution in [0.25, 0.3) is 0 Å². The molecule has 1 saturated carbocycles. The van der Waals surface area contributed by atoms with E-state index >= 15 is 0 Å². The van der Waals surface area contributed by atoms with Gasteiger partial charge in [0.05, 0.1) is 13.2 Å². The number of para-hydroxylation sites is 1. The van der Waals surface area contributed by atoms with Crippen molar-refractivity contribution in [2.45, 2.75) is 31.8 Å². The normalized spacial score (nSPS) is 21.6. The van der Waals surface area contributed by atoms with Crippen LogP contribution in [-0.4, -0.2) is 30.8 Å². The van der Waals surface area contributed by atoms with Crippen molar-refractivity contribution in [2.24, 2.45) is 5.92 Å². The Hall–Kier alpha value is -1.55. The lowest BCUT2D eigenvalue weighted by atomic mass is 9.82. The SMILES string of the molecule is COc1ccccc1CCC(=O)NCC1CC(O)C1. The van der Waals surface area contributed by atoms with Crippen LogP contribution in [0.3, 0.4) is 0 Å². The number of hydrogen-bond donors (Lipinski definition) is 2. The number of amides is 1. The van der Waals surface area contributed by atoms with Gasteiger partial charge in [-0.1, -0.05) is 18.2 Å². The molecule has 19 heavy (non-hydrogen) atoms. The van der Waals surface area contributed by atoms with Crippen molar-refractivity contribution in [3.8, 4) is 5.75 Å². The van der Waals surface area contributed by atoms with Crippen LogP contribution in [-0.2, 0) is 11.2 Å². The number of benzene rings is 1. The third-order valence-corrected chi connectivity index (χ3v) is 3.61. The summed E-state index contributed by atoms with van der Waals surface area (Å²) >= 11 is 0. The predicted molar refractivity (Wildman–Crippen MR) is 73.1 cm³/mol. The van der Waals surface area contributed by atoms with E-state index in [2.05, 4.69) is 5.32 Å². The summed E-state index contributed by atoms with van der Waals surface area (Å²) in [5.41, 5.74) is 1.05. The Morgan fingerprint density at radius 1 is 1.42 bits per heavy atom. The molecule has 2 N–H and O–H groups in total. The Labute approximate surface area is 113 Å². The highest BCUT2D eigenvalue weighted by Gasteiger charge is 2.26. The van der Waals surface area contributed by atoms with Crippen LogP contribution in [0.1, 0.15) is 24.8 Å². The molecule has 0 radical (unpaired) electrons. The van der Waals surface area contributed by atoms with Gasteiger partial charge >= 0.3 is 0 Å². The number of aryl methyl sites for hydroxylation is 1. The number of carbonyl (C=O) groups is 1. The highest BCUT2D eigenvalue weighted by atomic mass is 16.5. The molecule has 0 aliphatic heterocycles. The van der Waals surface area contributed by atoms with E-state index < -0.39 is 0 Å². The number of carbonyl (C=O) groups excluding carboxylic acids is 1. The molecule has 2 rings (SSSR count). The molecule has 1 aromatic carbocycles. The summed E-state index contributed by atoms with van der Waals surface area (Å²) in [6.45, 7) is 0.682. The number of methoxy groups -OCH3 is 1. The van der Waals surface area contributed by atoms with E-state index in [0.717, 1.165) is 24.2 Å². The lowest BCUT2D eigenvalue weighted by Crippen LogP contribution is -2.38. The quantitative estimate of drug-likeness (QED) is 0.818. The first kappa shape index (κ1) is 13.9. The number of aliphatic hydroxyl groups excluding tert-OH is 1. The highest BCUT2D eigenvalue weighted by Crippen LogP contribution is 2.26. The number of rotatable bonds is 6. The van der Waals surface area contributed by atoms with E-state index in [1.54, 1.807) is 7.11 Å². The van der Waals surface area contributed by atoms with Crippen LogP contribution in [0, 0.1) is 5.92 Å². The van der Waals surface area contributed by atoms with Crippen LogP contribution >= 0.6 is 0 Å². The average molecular weight is 263 g/mol. The summed E-state index contributed by atoms with van der Waals surface area (Å²) in [6, 6.07) is 7.76. The van der Waals surface area contributed by atoms with Crippen molar-refractivity contribution >= 4 is 5.91 Å². The molecule has 1 aromatic rings. The monoisotopic (exact) mass is 263 g/mol. The maximum Gasteiger partial charge on any atom is 0.220 e. The largest absolute Gasteiger partial charge is 0.496 e. The van der Waals surface area contributed by atoms with Crippen molar-refractivity contribution in [3.05, 3.63) is 29.8 Å². The Morgan fingerprint density at radius 2 is 2.16 bits per heavy atom. The molecule has 0 aromatic heterocycles. The minimum Gasteiger partial charge on any atom is -0.496 e. The second kappa shape index (κ2) is 6.57. The zero-order valence-corrected chi connectivity index (χ0v) is 11.3. The smallest absolute Gasteiger partial charge is 0.220 e. The Morgan fingerprint density at radius 3 is 2.84 bits per heavy atom. The van der Waals surface area contributed by atoms with Gasteiger partial charge in [0, 0.05) is 13.0 Å². The minimum atomic E-state index is -0.157. The maximum absolute atomic E-state index is 11.7. The number of ether oxygens (including phenoxy) is 1. The molecule has 1 aliphatic rings. The third kappa shape index (κ3) is 3.96. The van der Waals surface area contributed by atoms with Crippen LogP contribution in [0.15, 0.2) is 24.3 Å². The van der Waals surface area contributed by atoms with Crippen LogP contribution in [0.2, 0.25) is 0 Å². The molecular weight excluding hydrogens is 242 g/mol. The van der Waals surface area contributed by atoms with Gasteiger partial charge in [-0.15, -0.1) is 0 Å². The molecule has 4 heteroatoms. The number of nitrogens with one attached hydrogen (secondary N) is 1. The molecular formula is C15H21NO3. The molecule has 1 amide bonds. The summed E-state index contributed by atoms with van der Waals surface area (Å²) in [4.78, 5) is 11.7. The zero-order valence-electron chi connectivity index (χ0n) is 11.3. The first-order valence-electron chi connectivity index (χ1n) is 6.75. The zero-order chi connectivity index (χ0) is 13.7. The van der Waals surface area contributed by atoms with Gasteiger partial charge in [-0.05, 0) is 36.8 Å².